The van der Waals surface area contributed by atoms with Crippen molar-refractivity contribution < 1.29 is 13.6 Å². The number of halogens is 2. The van der Waals surface area contributed by atoms with Gasteiger partial charge in [-0.2, -0.15) is 0 Å². The molecule has 0 radical (unpaired) electrons. The number of amides is 1. The highest BCUT2D eigenvalue weighted by Crippen LogP contribution is 2.25. The van der Waals surface area contributed by atoms with Crippen LogP contribution in [0.4, 0.5) is 14.6 Å². The number of nitrogens with one attached hydrogen (secondary N) is 2. The predicted octanol–water partition coefficient (Wildman–Crippen LogP) is 3.88. The number of thiazole rings is 1. The Bertz CT molecular complexity index is 919. The monoisotopic (exact) mass is 391 g/mol. The standard InChI is InChI=1S/C18H19F2N5OS/c19-17(20)13-9-25-15(2-1-3-16(25)24-13)22-11-4-6-12(7-5-11)23-18(26)14-8-21-10-27-14/h1-3,8-12,17,22H,4-7H2,(H,23,26)/t11-,12+. The number of rotatable bonds is 5. The Balaban J connectivity index is 1.37. The lowest BCUT2D eigenvalue weighted by Crippen LogP contribution is -2.40. The van der Waals surface area contributed by atoms with Crippen LogP contribution in [0.15, 0.2) is 36.1 Å². The van der Waals surface area contributed by atoms with Gasteiger partial charge in [-0.05, 0) is 37.8 Å². The van der Waals surface area contributed by atoms with Crippen LogP contribution < -0.4 is 10.6 Å². The molecule has 3 aromatic rings. The minimum Gasteiger partial charge on any atom is -0.368 e. The van der Waals surface area contributed by atoms with E-state index in [4.69, 9.17) is 0 Å². The van der Waals surface area contributed by atoms with E-state index in [1.807, 2.05) is 6.07 Å². The maximum atomic E-state index is 12.9. The van der Waals surface area contributed by atoms with E-state index >= 15 is 0 Å². The second-order valence-electron chi connectivity index (χ2n) is 6.64. The van der Waals surface area contributed by atoms with Crippen LogP contribution in [0.1, 0.15) is 47.5 Å². The topological polar surface area (TPSA) is 71.3 Å². The van der Waals surface area contributed by atoms with Crippen LogP contribution in [0.25, 0.3) is 5.65 Å². The molecule has 142 valence electrons. The van der Waals surface area contributed by atoms with Crippen molar-refractivity contribution in [1.29, 1.82) is 0 Å². The summed E-state index contributed by atoms with van der Waals surface area (Å²) in [6.45, 7) is 0. The van der Waals surface area contributed by atoms with E-state index in [1.165, 1.54) is 17.5 Å². The molecular formula is C18H19F2N5OS. The lowest BCUT2D eigenvalue weighted by molar-refractivity contribution is 0.0930. The summed E-state index contributed by atoms with van der Waals surface area (Å²) >= 11 is 1.33. The smallest absolute Gasteiger partial charge is 0.281 e. The van der Waals surface area contributed by atoms with E-state index in [0.717, 1.165) is 31.5 Å². The van der Waals surface area contributed by atoms with E-state index in [9.17, 15) is 13.6 Å². The van der Waals surface area contributed by atoms with Crippen LogP contribution in [0.3, 0.4) is 0 Å². The number of pyridine rings is 1. The van der Waals surface area contributed by atoms with Crippen LogP contribution in [0, 0.1) is 0 Å². The summed E-state index contributed by atoms with van der Waals surface area (Å²) in [4.78, 5) is 20.6. The minimum absolute atomic E-state index is 0.0726. The van der Waals surface area contributed by atoms with Crippen LogP contribution in [0.2, 0.25) is 0 Å². The lowest BCUT2D eigenvalue weighted by Gasteiger charge is -2.30. The van der Waals surface area contributed by atoms with Gasteiger partial charge in [0.1, 0.15) is 22.0 Å². The van der Waals surface area contributed by atoms with Gasteiger partial charge in [-0.25, -0.2) is 13.8 Å². The first-order chi connectivity index (χ1) is 13.1. The first-order valence-corrected chi connectivity index (χ1v) is 9.70. The van der Waals surface area contributed by atoms with Gasteiger partial charge in [-0.1, -0.05) is 6.07 Å². The maximum Gasteiger partial charge on any atom is 0.281 e. The van der Waals surface area contributed by atoms with Crippen molar-refractivity contribution in [2.45, 2.75) is 44.2 Å². The van der Waals surface area contributed by atoms with E-state index in [2.05, 4.69) is 20.6 Å². The fourth-order valence-corrected chi connectivity index (χ4v) is 3.95. The largest absolute Gasteiger partial charge is 0.368 e. The number of aromatic nitrogens is 3. The molecule has 1 aliphatic carbocycles. The van der Waals surface area contributed by atoms with Gasteiger partial charge in [0.15, 0.2) is 0 Å². The first-order valence-electron chi connectivity index (χ1n) is 8.82. The zero-order valence-corrected chi connectivity index (χ0v) is 15.3. The molecule has 1 amide bonds. The summed E-state index contributed by atoms with van der Waals surface area (Å²) < 4.78 is 27.5. The normalized spacial score (nSPS) is 20.1. The Labute approximate surface area is 158 Å². The van der Waals surface area contributed by atoms with E-state index in [-0.39, 0.29) is 23.7 Å². The molecule has 2 N–H and O–H groups in total. The third kappa shape index (κ3) is 3.92. The first kappa shape index (κ1) is 17.8. The molecule has 4 rings (SSSR count). The highest BCUT2D eigenvalue weighted by atomic mass is 32.1. The summed E-state index contributed by atoms with van der Waals surface area (Å²) in [5.41, 5.74) is 1.92. The fraction of sp³-hybridized carbons (Fsp3) is 0.389. The molecule has 1 fully saturated rings. The molecular weight excluding hydrogens is 372 g/mol. The van der Waals surface area contributed by atoms with Crippen molar-refractivity contribution in [2.75, 3.05) is 5.32 Å². The summed E-state index contributed by atoms with van der Waals surface area (Å²) in [6, 6.07) is 5.75. The van der Waals surface area contributed by atoms with Gasteiger partial charge in [-0.15, -0.1) is 11.3 Å². The molecule has 3 heterocycles. The Kier molecular flexibility index (Phi) is 5.02. The Morgan fingerprint density at radius 1 is 1.22 bits per heavy atom. The molecule has 1 aliphatic rings. The van der Waals surface area contributed by atoms with E-state index < -0.39 is 6.43 Å². The summed E-state index contributed by atoms with van der Waals surface area (Å²) in [6.07, 6.45) is 3.88. The van der Waals surface area contributed by atoms with E-state index in [1.54, 1.807) is 28.2 Å². The van der Waals surface area contributed by atoms with Crippen LogP contribution in [-0.4, -0.2) is 32.4 Å². The number of alkyl halides is 2. The molecule has 0 spiro atoms. The molecule has 0 bridgehead atoms. The van der Waals surface area contributed by atoms with E-state index in [0.29, 0.717) is 10.5 Å². The van der Waals surface area contributed by atoms with Gasteiger partial charge in [0.05, 0.1) is 11.7 Å². The van der Waals surface area contributed by atoms with Gasteiger partial charge in [0.25, 0.3) is 12.3 Å². The third-order valence-corrected chi connectivity index (χ3v) is 5.58. The average Bonchev–Trinajstić information content (AvgIpc) is 3.33. The molecule has 3 aromatic heterocycles. The summed E-state index contributed by atoms with van der Waals surface area (Å²) in [5, 5.41) is 6.49. The summed E-state index contributed by atoms with van der Waals surface area (Å²) in [5.74, 6) is 0.681. The number of carbonyl (C=O) groups is 1. The lowest BCUT2D eigenvalue weighted by atomic mass is 9.91. The van der Waals surface area contributed by atoms with Crippen molar-refractivity contribution in [3.8, 4) is 0 Å². The molecule has 1 saturated carbocycles. The summed E-state index contributed by atoms with van der Waals surface area (Å²) in [7, 11) is 0. The molecule has 27 heavy (non-hydrogen) atoms. The number of nitrogens with zero attached hydrogens (tertiary/aromatic N) is 3. The molecule has 9 heteroatoms. The third-order valence-electron chi connectivity index (χ3n) is 4.80. The number of hydrogen-bond donors (Lipinski definition) is 2. The number of imidazole rings is 1. The van der Waals surface area contributed by atoms with Gasteiger partial charge >= 0.3 is 0 Å². The quantitative estimate of drug-likeness (QED) is 0.692. The van der Waals surface area contributed by atoms with Gasteiger partial charge < -0.3 is 10.6 Å². The van der Waals surface area contributed by atoms with Crippen LogP contribution >= 0.6 is 11.3 Å². The minimum atomic E-state index is -2.59. The van der Waals surface area contributed by atoms with Gasteiger partial charge in [0, 0.05) is 18.3 Å². The highest BCUT2D eigenvalue weighted by Gasteiger charge is 2.24. The van der Waals surface area contributed by atoms with Crippen molar-refractivity contribution in [2.24, 2.45) is 0 Å². The second kappa shape index (κ2) is 7.59. The second-order valence-corrected chi connectivity index (χ2v) is 7.52. The van der Waals surface area contributed by atoms with Crippen molar-refractivity contribution >= 4 is 28.7 Å². The fourth-order valence-electron chi connectivity index (χ4n) is 3.43. The van der Waals surface area contributed by atoms with Crippen LogP contribution in [-0.2, 0) is 0 Å². The highest BCUT2D eigenvalue weighted by molar-refractivity contribution is 7.11. The van der Waals surface area contributed by atoms with Gasteiger partial charge in [-0.3, -0.25) is 14.2 Å². The molecule has 0 saturated heterocycles. The Hall–Kier alpha value is -2.55. The predicted molar refractivity (Wildman–Crippen MR) is 99.4 cm³/mol. The molecule has 6 nitrogen and oxygen atoms in total. The zero-order chi connectivity index (χ0) is 18.8. The van der Waals surface area contributed by atoms with Gasteiger partial charge in [0.2, 0.25) is 0 Å². The molecule has 0 unspecified atom stereocenters. The SMILES string of the molecule is O=C(N[C@H]1CC[C@@H](Nc2cccc3nc(C(F)F)cn23)CC1)c1cncs1. The van der Waals surface area contributed by atoms with Crippen molar-refractivity contribution in [3.05, 3.63) is 46.7 Å². The average molecular weight is 391 g/mol. The van der Waals surface area contributed by atoms with Crippen molar-refractivity contribution in [3.63, 3.8) is 0 Å². The Morgan fingerprint density at radius 3 is 2.70 bits per heavy atom. The number of anilines is 1. The Morgan fingerprint density at radius 2 is 2.00 bits per heavy atom. The number of fused-ring (bicyclic) bond motifs is 1. The molecule has 0 atom stereocenters. The maximum absolute atomic E-state index is 12.9. The zero-order valence-electron chi connectivity index (χ0n) is 14.4. The molecule has 0 aliphatic heterocycles. The number of carbonyl (C=O) groups excluding carboxylic acids is 1. The van der Waals surface area contributed by atoms with Crippen molar-refractivity contribution in [1.82, 2.24) is 19.7 Å². The molecule has 0 aromatic carbocycles. The number of hydrogen-bond acceptors (Lipinski definition) is 5. The van der Waals surface area contributed by atoms with Crippen LogP contribution in [0.5, 0.6) is 0 Å².